The van der Waals surface area contributed by atoms with Crippen LogP contribution in [0.15, 0.2) is 11.6 Å². The molecule has 0 radical (unpaired) electrons. The summed E-state index contributed by atoms with van der Waals surface area (Å²) >= 11 is 0. The van der Waals surface area contributed by atoms with Crippen LogP contribution in [-0.4, -0.2) is 56.4 Å². The fraction of sp³-hybridized carbons (Fsp3) is 0.810. The Balaban J connectivity index is 1.94. The van der Waals surface area contributed by atoms with Crippen LogP contribution in [0.25, 0.3) is 0 Å². The van der Waals surface area contributed by atoms with Gasteiger partial charge in [0.15, 0.2) is 6.29 Å². The molecule has 2 rings (SSSR count). The van der Waals surface area contributed by atoms with Crippen LogP contribution in [-0.2, 0) is 33.3 Å². The molecule has 0 N–H and O–H groups in total. The maximum Gasteiger partial charge on any atom is 0.303 e. The van der Waals surface area contributed by atoms with E-state index in [1.807, 2.05) is 13.0 Å². The van der Waals surface area contributed by atoms with Gasteiger partial charge in [-0.15, -0.1) is 0 Å². The zero-order valence-electron chi connectivity index (χ0n) is 17.5. The minimum Gasteiger partial charge on any atom is -0.462 e. The van der Waals surface area contributed by atoms with E-state index in [0.29, 0.717) is 32.2 Å². The van der Waals surface area contributed by atoms with Crippen LogP contribution in [0, 0.1) is 5.92 Å². The van der Waals surface area contributed by atoms with Gasteiger partial charge in [-0.2, -0.15) is 0 Å². The topological polar surface area (TPSA) is 80.3 Å². The Hall–Kier alpha value is -1.44. The summed E-state index contributed by atoms with van der Waals surface area (Å²) in [6.45, 7) is 8.97. The molecule has 0 aromatic rings. The summed E-state index contributed by atoms with van der Waals surface area (Å²) in [6, 6.07) is 0. The van der Waals surface area contributed by atoms with Gasteiger partial charge in [-0.05, 0) is 50.7 Å². The second-order valence-corrected chi connectivity index (χ2v) is 7.88. The zero-order valence-corrected chi connectivity index (χ0v) is 17.5. The Morgan fingerprint density at radius 2 is 1.96 bits per heavy atom. The Morgan fingerprint density at radius 1 is 1.25 bits per heavy atom. The van der Waals surface area contributed by atoms with E-state index in [-0.39, 0.29) is 30.9 Å². The van der Waals surface area contributed by atoms with Gasteiger partial charge in [0, 0.05) is 19.8 Å². The van der Waals surface area contributed by atoms with E-state index in [9.17, 15) is 9.59 Å². The third-order valence-corrected chi connectivity index (χ3v) is 5.41. The molecule has 28 heavy (non-hydrogen) atoms. The number of esters is 2. The van der Waals surface area contributed by atoms with E-state index >= 15 is 0 Å². The van der Waals surface area contributed by atoms with Crippen LogP contribution in [0.2, 0.25) is 0 Å². The largest absolute Gasteiger partial charge is 0.462 e. The molecule has 2 heterocycles. The van der Waals surface area contributed by atoms with Crippen molar-refractivity contribution in [2.75, 3.05) is 26.4 Å². The summed E-state index contributed by atoms with van der Waals surface area (Å²) in [5.74, 6) is -0.296. The number of rotatable bonds is 8. The lowest BCUT2D eigenvalue weighted by atomic mass is 9.88. The smallest absolute Gasteiger partial charge is 0.303 e. The van der Waals surface area contributed by atoms with Gasteiger partial charge in [0.25, 0.3) is 0 Å². The molecule has 7 heteroatoms. The first-order valence-corrected chi connectivity index (χ1v) is 10.2. The van der Waals surface area contributed by atoms with Gasteiger partial charge in [0.1, 0.15) is 18.3 Å². The van der Waals surface area contributed by atoms with E-state index < -0.39 is 5.60 Å². The molecule has 2 unspecified atom stereocenters. The molecule has 3 atom stereocenters. The van der Waals surface area contributed by atoms with Gasteiger partial charge in [-0.3, -0.25) is 9.59 Å². The SMILES string of the molecule is CC(=O)OC/C=C1\CC[C@@H](OC(C)=O)C(C)(CCCC(C)C2OCCO2)OC1. The predicted molar refractivity (Wildman–Crippen MR) is 103 cm³/mol. The van der Waals surface area contributed by atoms with Crippen molar-refractivity contribution in [1.82, 2.24) is 0 Å². The molecule has 2 aliphatic heterocycles. The maximum atomic E-state index is 11.6. The van der Waals surface area contributed by atoms with Crippen LogP contribution in [0.3, 0.4) is 0 Å². The molecule has 2 saturated heterocycles. The molecular formula is C21H34O7. The van der Waals surface area contributed by atoms with Gasteiger partial charge < -0.3 is 23.7 Å². The molecule has 0 amide bonds. The third-order valence-electron chi connectivity index (χ3n) is 5.41. The van der Waals surface area contributed by atoms with Crippen molar-refractivity contribution >= 4 is 11.9 Å². The highest BCUT2D eigenvalue weighted by Gasteiger charge is 2.39. The average Bonchev–Trinajstić information content (AvgIpc) is 3.11. The molecule has 0 aromatic carbocycles. The predicted octanol–water partition coefficient (Wildman–Crippen LogP) is 3.16. The van der Waals surface area contributed by atoms with E-state index in [1.54, 1.807) is 0 Å². The quantitative estimate of drug-likeness (QED) is 0.459. The molecule has 160 valence electrons. The molecule has 0 spiro atoms. The van der Waals surface area contributed by atoms with Gasteiger partial charge in [-0.1, -0.05) is 6.92 Å². The van der Waals surface area contributed by atoms with Crippen molar-refractivity contribution in [3.63, 3.8) is 0 Å². The summed E-state index contributed by atoms with van der Waals surface area (Å²) in [5.41, 5.74) is 0.503. The molecule has 0 saturated carbocycles. The van der Waals surface area contributed by atoms with E-state index in [0.717, 1.165) is 31.3 Å². The van der Waals surface area contributed by atoms with Crippen molar-refractivity contribution in [2.24, 2.45) is 5.92 Å². The summed E-state index contributed by atoms with van der Waals surface area (Å²) in [6.07, 6.45) is 5.54. The molecule has 0 aliphatic carbocycles. The first kappa shape index (κ1) is 22.8. The summed E-state index contributed by atoms with van der Waals surface area (Å²) < 4.78 is 28.0. The first-order valence-electron chi connectivity index (χ1n) is 10.2. The minimum atomic E-state index is -0.556. The molecule has 0 bridgehead atoms. The molecule has 7 nitrogen and oxygen atoms in total. The fourth-order valence-electron chi connectivity index (χ4n) is 3.72. The number of hydrogen-bond donors (Lipinski definition) is 0. The summed E-state index contributed by atoms with van der Waals surface area (Å²) in [5, 5.41) is 0. The summed E-state index contributed by atoms with van der Waals surface area (Å²) in [4.78, 5) is 22.6. The second kappa shape index (κ2) is 10.9. The third kappa shape index (κ3) is 7.18. The Labute approximate surface area is 167 Å². The summed E-state index contributed by atoms with van der Waals surface area (Å²) in [7, 11) is 0. The van der Waals surface area contributed by atoms with Gasteiger partial charge in [0.2, 0.25) is 0 Å². The number of carbonyl (C=O) groups excluding carboxylic acids is 2. The molecule has 0 aromatic heterocycles. The van der Waals surface area contributed by atoms with Crippen molar-refractivity contribution in [1.29, 1.82) is 0 Å². The van der Waals surface area contributed by atoms with Gasteiger partial charge >= 0.3 is 11.9 Å². The molecule has 2 aliphatic rings. The normalized spacial score (nSPS) is 28.7. The van der Waals surface area contributed by atoms with Crippen molar-refractivity contribution < 1.29 is 33.3 Å². The van der Waals surface area contributed by atoms with Crippen molar-refractivity contribution in [2.45, 2.75) is 77.8 Å². The highest BCUT2D eigenvalue weighted by molar-refractivity contribution is 5.66. The van der Waals surface area contributed by atoms with Crippen molar-refractivity contribution in [3.8, 4) is 0 Å². The van der Waals surface area contributed by atoms with E-state index in [1.165, 1.54) is 13.8 Å². The molecular weight excluding hydrogens is 364 g/mol. The van der Waals surface area contributed by atoms with Gasteiger partial charge in [-0.25, -0.2) is 0 Å². The highest BCUT2D eigenvalue weighted by Crippen LogP contribution is 2.34. The Kier molecular flexibility index (Phi) is 8.92. The Bertz CT molecular complexity index is 553. The highest BCUT2D eigenvalue weighted by atomic mass is 16.7. The number of ether oxygens (including phenoxy) is 5. The monoisotopic (exact) mass is 398 g/mol. The zero-order chi connectivity index (χ0) is 20.6. The lowest BCUT2D eigenvalue weighted by Crippen LogP contribution is -2.43. The average molecular weight is 398 g/mol. The van der Waals surface area contributed by atoms with Crippen LogP contribution >= 0.6 is 0 Å². The lowest BCUT2D eigenvalue weighted by Gasteiger charge is -2.35. The fourth-order valence-corrected chi connectivity index (χ4v) is 3.72. The van der Waals surface area contributed by atoms with Crippen LogP contribution < -0.4 is 0 Å². The second-order valence-electron chi connectivity index (χ2n) is 7.88. The first-order chi connectivity index (χ1) is 13.3. The Morgan fingerprint density at radius 3 is 2.61 bits per heavy atom. The number of hydrogen-bond acceptors (Lipinski definition) is 7. The van der Waals surface area contributed by atoms with Crippen LogP contribution in [0.1, 0.15) is 59.8 Å². The van der Waals surface area contributed by atoms with Gasteiger partial charge in [0.05, 0.1) is 19.8 Å². The number of carbonyl (C=O) groups is 2. The lowest BCUT2D eigenvalue weighted by molar-refractivity contribution is -0.168. The maximum absolute atomic E-state index is 11.6. The molecule has 2 fully saturated rings. The van der Waals surface area contributed by atoms with Crippen LogP contribution in [0.4, 0.5) is 0 Å². The van der Waals surface area contributed by atoms with Crippen molar-refractivity contribution in [3.05, 3.63) is 11.6 Å². The van der Waals surface area contributed by atoms with E-state index in [2.05, 4.69) is 6.92 Å². The van der Waals surface area contributed by atoms with Crippen LogP contribution in [0.5, 0.6) is 0 Å². The minimum absolute atomic E-state index is 0.122. The van der Waals surface area contributed by atoms with E-state index in [4.69, 9.17) is 23.7 Å². The standard InChI is InChI=1S/C21H34O7/c1-15(20-25-12-13-26-20)6-5-10-21(4)19(28-17(3)23)8-7-18(14-27-21)9-11-24-16(2)22/h9,15,19-20H,5-8,10-14H2,1-4H3/b18-9+/t15?,19-,21?/m1/s1.